The van der Waals surface area contributed by atoms with Crippen molar-refractivity contribution >= 4 is 21.3 Å². The smallest absolute Gasteiger partial charge is 0.214 e. The first-order valence-corrected chi connectivity index (χ1v) is 9.79. The first kappa shape index (κ1) is 17.2. The molecule has 0 saturated carbocycles. The molecule has 0 spiro atoms. The Morgan fingerprint density at radius 3 is 2.41 bits per heavy atom. The second-order valence-corrected chi connectivity index (χ2v) is 7.88. The van der Waals surface area contributed by atoms with Gasteiger partial charge in [0.15, 0.2) is 16.4 Å². The molecule has 3 heterocycles. The molecule has 1 aromatic carbocycles. The summed E-state index contributed by atoms with van der Waals surface area (Å²) in [4.78, 5) is 8.79. The molecule has 0 unspecified atom stereocenters. The van der Waals surface area contributed by atoms with E-state index in [0.29, 0.717) is 5.69 Å². The third-order valence-electron chi connectivity index (χ3n) is 4.21. The summed E-state index contributed by atoms with van der Waals surface area (Å²) in [7, 11) is -2.16. The minimum Gasteiger partial charge on any atom is -0.370 e. The number of sulfone groups is 1. The van der Waals surface area contributed by atoms with E-state index in [1.54, 1.807) is 54.3 Å². The van der Waals surface area contributed by atoms with Crippen LogP contribution in [-0.4, -0.2) is 35.0 Å². The predicted molar refractivity (Wildman–Crippen MR) is 102 cm³/mol. The maximum Gasteiger partial charge on any atom is 0.214 e. The fourth-order valence-electron chi connectivity index (χ4n) is 2.98. The molecule has 1 N–H and O–H groups in total. The average molecular weight is 379 g/mol. The Morgan fingerprint density at radius 2 is 1.74 bits per heavy atom. The van der Waals surface area contributed by atoms with Gasteiger partial charge in [-0.2, -0.15) is 0 Å². The fourth-order valence-corrected chi connectivity index (χ4v) is 4.50. The van der Waals surface area contributed by atoms with E-state index in [1.165, 1.54) is 0 Å². The van der Waals surface area contributed by atoms with Crippen LogP contribution < -0.4 is 5.32 Å². The molecule has 0 fully saturated rings. The van der Waals surface area contributed by atoms with Gasteiger partial charge in [-0.3, -0.25) is 4.98 Å². The maximum absolute atomic E-state index is 13.3. The largest absolute Gasteiger partial charge is 0.370 e. The summed E-state index contributed by atoms with van der Waals surface area (Å²) < 4.78 is 28.2. The number of pyridine rings is 1. The minimum atomic E-state index is -3.80. The zero-order valence-corrected chi connectivity index (χ0v) is 15.6. The lowest BCUT2D eigenvalue weighted by atomic mass is 10.2. The van der Waals surface area contributed by atoms with Crippen molar-refractivity contribution in [1.29, 1.82) is 0 Å². The summed E-state index contributed by atoms with van der Waals surface area (Å²) in [5, 5.41) is 7.38. The molecule has 0 saturated heterocycles. The number of aromatic nitrogens is 4. The van der Waals surface area contributed by atoms with Crippen LogP contribution in [0.5, 0.6) is 0 Å². The van der Waals surface area contributed by atoms with E-state index in [4.69, 9.17) is 0 Å². The molecule has 0 radical (unpaired) electrons. The summed E-state index contributed by atoms with van der Waals surface area (Å²) in [6, 6.07) is 13.9. The second kappa shape index (κ2) is 6.48. The molecule has 7 nitrogen and oxygen atoms in total. The molecule has 0 atom stereocenters. The zero-order chi connectivity index (χ0) is 19.0. The number of rotatable bonds is 4. The molecule has 136 valence electrons. The van der Waals surface area contributed by atoms with Crippen molar-refractivity contribution in [1.82, 2.24) is 19.6 Å². The van der Waals surface area contributed by atoms with Gasteiger partial charge in [0.2, 0.25) is 9.84 Å². The van der Waals surface area contributed by atoms with Crippen molar-refractivity contribution in [3.63, 3.8) is 0 Å². The van der Waals surface area contributed by atoms with Gasteiger partial charge in [0.25, 0.3) is 0 Å². The van der Waals surface area contributed by atoms with Gasteiger partial charge in [-0.25, -0.2) is 17.9 Å². The SMILES string of the molecule is CNc1nn2c(-c3ccncc3)cc(C)nc2c1S(=O)(=O)c1ccccc1. The van der Waals surface area contributed by atoms with E-state index < -0.39 is 9.84 Å². The summed E-state index contributed by atoms with van der Waals surface area (Å²) in [6.45, 7) is 1.83. The Hall–Kier alpha value is -3.26. The first-order chi connectivity index (χ1) is 13.0. The van der Waals surface area contributed by atoms with Crippen molar-refractivity contribution in [3.8, 4) is 11.3 Å². The predicted octanol–water partition coefficient (Wildman–Crippen LogP) is 2.97. The molecule has 0 aliphatic rings. The number of hydrogen-bond donors (Lipinski definition) is 1. The molecule has 8 heteroatoms. The Bertz CT molecular complexity index is 1220. The van der Waals surface area contributed by atoms with E-state index in [0.717, 1.165) is 11.3 Å². The Kier molecular flexibility index (Phi) is 4.12. The number of nitrogens with one attached hydrogen (secondary N) is 1. The number of aryl methyl sites for hydroxylation is 1. The van der Waals surface area contributed by atoms with E-state index >= 15 is 0 Å². The van der Waals surface area contributed by atoms with Crippen molar-refractivity contribution in [2.24, 2.45) is 0 Å². The Balaban J connectivity index is 2.07. The lowest BCUT2D eigenvalue weighted by Crippen LogP contribution is -2.05. The maximum atomic E-state index is 13.3. The van der Waals surface area contributed by atoms with Crippen molar-refractivity contribution in [2.45, 2.75) is 16.7 Å². The summed E-state index contributed by atoms with van der Waals surface area (Å²) in [6.07, 6.45) is 3.36. The highest BCUT2D eigenvalue weighted by atomic mass is 32.2. The van der Waals surface area contributed by atoms with Crippen LogP contribution in [0.4, 0.5) is 5.82 Å². The van der Waals surface area contributed by atoms with Crippen LogP contribution in [-0.2, 0) is 9.84 Å². The average Bonchev–Trinajstić information content (AvgIpc) is 3.08. The molecular formula is C19H17N5O2S. The van der Waals surface area contributed by atoms with Crippen LogP contribution in [0, 0.1) is 6.92 Å². The highest BCUT2D eigenvalue weighted by Gasteiger charge is 2.29. The third-order valence-corrected chi connectivity index (χ3v) is 6.02. The van der Waals surface area contributed by atoms with E-state index in [9.17, 15) is 8.42 Å². The first-order valence-electron chi connectivity index (χ1n) is 8.31. The second-order valence-electron chi connectivity index (χ2n) is 6.00. The van der Waals surface area contributed by atoms with E-state index in [2.05, 4.69) is 20.4 Å². The lowest BCUT2D eigenvalue weighted by Gasteiger charge is -2.07. The van der Waals surface area contributed by atoms with Gasteiger partial charge >= 0.3 is 0 Å². The number of benzene rings is 1. The molecule has 4 rings (SSSR count). The van der Waals surface area contributed by atoms with Crippen LogP contribution in [0.15, 0.2) is 70.7 Å². The standard InChI is InChI=1S/C19H17N5O2S/c1-13-12-16(14-8-10-21-11-9-14)24-19(22-13)17(18(20-2)23-24)27(25,26)15-6-4-3-5-7-15/h3-12H,1-2H3,(H,20,23). The topological polar surface area (TPSA) is 89.2 Å². The van der Waals surface area contributed by atoms with E-state index in [-0.39, 0.29) is 21.3 Å². The molecule has 0 amide bonds. The van der Waals surface area contributed by atoms with Crippen LogP contribution in [0.1, 0.15) is 5.69 Å². The fraction of sp³-hybridized carbons (Fsp3) is 0.105. The molecule has 27 heavy (non-hydrogen) atoms. The number of anilines is 1. The normalized spacial score (nSPS) is 11.6. The van der Waals surface area contributed by atoms with Crippen LogP contribution in [0.2, 0.25) is 0 Å². The third kappa shape index (κ3) is 2.83. The summed E-state index contributed by atoms with van der Waals surface area (Å²) >= 11 is 0. The van der Waals surface area contributed by atoms with Gasteiger partial charge in [-0.15, -0.1) is 5.10 Å². The molecule has 4 aromatic rings. The molecule has 0 aliphatic heterocycles. The van der Waals surface area contributed by atoms with E-state index in [1.807, 2.05) is 25.1 Å². The Morgan fingerprint density at radius 1 is 1.04 bits per heavy atom. The molecular weight excluding hydrogens is 362 g/mol. The van der Waals surface area contributed by atoms with Crippen molar-refractivity contribution in [3.05, 3.63) is 66.6 Å². The number of nitrogens with zero attached hydrogens (tertiary/aromatic N) is 4. The summed E-state index contributed by atoms with van der Waals surface area (Å²) in [5.41, 5.74) is 2.59. The van der Waals surface area contributed by atoms with Crippen LogP contribution in [0.3, 0.4) is 0 Å². The molecule has 0 aliphatic carbocycles. The van der Waals surface area contributed by atoms with Gasteiger partial charge in [0.1, 0.15) is 0 Å². The van der Waals surface area contributed by atoms with Gasteiger partial charge in [0, 0.05) is 30.7 Å². The minimum absolute atomic E-state index is 0.0650. The van der Waals surface area contributed by atoms with Crippen LogP contribution >= 0.6 is 0 Å². The van der Waals surface area contributed by atoms with Gasteiger partial charge in [-0.1, -0.05) is 18.2 Å². The quantitative estimate of drug-likeness (QED) is 0.586. The van der Waals surface area contributed by atoms with Crippen molar-refractivity contribution in [2.75, 3.05) is 12.4 Å². The number of fused-ring (bicyclic) bond motifs is 1. The van der Waals surface area contributed by atoms with Gasteiger partial charge in [0.05, 0.1) is 10.6 Å². The summed E-state index contributed by atoms with van der Waals surface area (Å²) in [5.74, 6) is 0.257. The highest BCUT2D eigenvalue weighted by molar-refractivity contribution is 7.91. The van der Waals surface area contributed by atoms with Crippen molar-refractivity contribution < 1.29 is 8.42 Å². The highest BCUT2D eigenvalue weighted by Crippen LogP contribution is 2.32. The Labute approximate surface area is 156 Å². The molecule has 3 aromatic heterocycles. The van der Waals surface area contributed by atoms with Gasteiger partial charge < -0.3 is 5.32 Å². The van der Waals surface area contributed by atoms with Crippen LogP contribution in [0.25, 0.3) is 16.9 Å². The zero-order valence-electron chi connectivity index (χ0n) is 14.8. The number of hydrogen-bond acceptors (Lipinski definition) is 6. The monoisotopic (exact) mass is 379 g/mol. The van der Waals surface area contributed by atoms with Gasteiger partial charge in [-0.05, 0) is 37.3 Å². The lowest BCUT2D eigenvalue weighted by molar-refractivity contribution is 0.597. The molecule has 0 bridgehead atoms.